The molecule has 2 aliphatic heterocycles. The third-order valence-corrected chi connectivity index (χ3v) is 5.36. The minimum atomic E-state index is -0.816. The number of likely N-dealkylation sites (tertiary alicyclic amines) is 1. The lowest BCUT2D eigenvalue weighted by atomic mass is 10.0. The van der Waals surface area contributed by atoms with Crippen molar-refractivity contribution in [3.63, 3.8) is 0 Å². The van der Waals surface area contributed by atoms with Gasteiger partial charge in [-0.3, -0.25) is 9.69 Å². The average molecular weight is 349 g/mol. The second-order valence-electron chi connectivity index (χ2n) is 7.46. The van der Waals surface area contributed by atoms with Gasteiger partial charge >= 0.3 is 0 Å². The largest absolute Gasteiger partial charge is 0.387 e. The maximum atomic E-state index is 13.7. The van der Waals surface area contributed by atoms with Crippen molar-refractivity contribution >= 4 is 5.91 Å². The molecular weight excluding hydrogens is 321 g/mol. The van der Waals surface area contributed by atoms with Crippen LogP contribution in [0, 0.1) is 5.82 Å². The van der Waals surface area contributed by atoms with E-state index in [4.69, 9.17) is 0 Å². The van der Waals surface area contributed by atoms with E-state index in [0.717, 1.165) is 26.2 Å². The van der Waals surface area contributed by atoms with Gasteiger partial charge in [-0.25, -0.2) is 4.39 Å². The van der Waals surface area contributed by atoms with E-state index in [-0.39, 0.29) is 18.1 Å². The van der Waals surface area contributed by atoms with Gasteiger partial charge in [-0.2, -0.15) is 0 Å². The van der Waals surface area contributed by atoms with Gasteiger partial charge in [-0.1, -0.05) is 18.2 Å². The van der Waals surface area contributed by atoms with Crippen LogP contribution < -0.4 is 0 Å². The molecule has 2 fully saturated rings. The fourth-order valence-electron chi connectivity index (χ4n) is 3.72. The summed E-state index contributed by atoms with van der Waals surface area (Å²) >= 11 is 0. The quantitative estimate of drug-likeness (QED) is 0.861. The SMILES string of the molecule is CN1CCN(CC2(O)CCN(C(=O)CCc3ccccc3F)C2)CC1. The van der Waals surface area contributed by atoms with Crippen molar-refractivity contribution in [3.05, 3.63) is 35.6 Å². The number of likely N-dealkylation sites (N-methyl/N-ethyl adjacent to an activating group) is 1. The lowest BCUT2D eigenvalue weighted by Crippen LogP contribution is -2.52. The second-order valence-corrected chi connectivity index (χ2v) is 7.46. The molecule has 0 bridgehead atoms. The normalized spacial score (nSPS) is 25.5. The van der Waals surface area contributed by atoms with Crippen LogP contribution in [0.1, 0.15) is 18.4 Å². The predicted molar refractivity (Wildman–Crippen MR) is 94.8 cm³/mol. The topological polar surface area (TPSA) is 47.0 Å². The van der Waals surface area contributed by atoms with Crippen molar-refractivity contribution in [2.24, 2.45) is 0 Å². The molecule has 1 aromatic carbocycles. The molecule has 2 heterocycles. The highest BCUT2D eigenvalue weighted by molar-refractivity contribution is 5.77. The molecule has 0 aromatic heterocycles. The molecule has 5 nitrogen and oxygen atoms in total. The number of aliphatic hydroxyl groups is 1. The minimum Gasteiger partial charge on any atom is -0.387 e. The lowest BCUT2D eigenvalue weighted by Gasteiger charge is -2.36. The van der Waals surface area contributed by atoms with E-state index in [0.29, 0.717) is 38.0 Å². The predicted octanol–water partition coefficient (Wildman–Crippen LogP) is 0.969. The molecule has 1 aromatic rings. The maximum absolute atomic E-state index is 13.7. The summed E-state index contributed by atoms with van der Waals surface area (Å²) in [7, 11) is 2.11. The highest BCUT2D eigenvalue weighted by Gasteiger charge is 2.39. The zero-order valence-corrected chi connectivity index (χ0v) is 15.0. The number of carbonyl (C=O) groups is 1. The van der Waals surface area contributed by atoms with Crippen LogP contribution in [0.5, 0.6) is 0 Å². The zero-order valence-electron chi connectivity index (χ0n) is 15.0. The first-order chi connectivity index (χ1) is 12.0. The molecule has 138 valence electrons. The van der Waals surface area contributed by atoms with Gasteiger partial charge in [0.15, 0.2) is 0 Å². The molecule has 1 unspecified atom stereocenters. The number of nitrogens with zero attached hydrogens (tertiary/aromatic N) is 3. The summed E-state index contributed by atoms with van der Waals surface area (Å²) in [5.41, 5.74) is -0.244. The fraction of sp³-hybridized carbons (Fsp3) is 0.632. The van der Waals surface area contributed by atoms with Crippen LogP contribution in [-0.4, -0.2) is 84.2 Å². The standard InChI is InChI=1S/C19H28FN3O2/c1-21-10-12-22(13-11-21)14-19(25)8-9-23(15-19)18(24)7-6-16-4-2-3-5-17(16)20/h2-5,25H,6-15H2,1H3. The molecule has 1 amide bonds. The van der Waals surface area contributed by atoms with Gasteiger partial charge in [0, 0.05) is 45.7 Å². The van der Waals surface area contributed by atoms with Crippen molar-refractivity contribution in [1.29, 1.82) is 0 Å². The number of benzene rings is 1. The number of β-amino-alcohol motifs (C(OH)–C–C–N with tert-alkyl or cyclic N) is 1. The first-order valence-corrected chi connectivity index (χ1v) is 9.10. The highest BCUT2D eigenvalue weighted by Crippen LogP contribution is 2.24. The molecule has 3 rings (SSSR count). The number of piperazine rings is 1. The Morgan fingerprint density at radius 1 is 1.20 bits per heavy atom. The Morgan fingerprint density at radius 2 is 1.92 bits per heavy atom. The van der Waals surface area contributed by atoms with Crippen LogP contribution in [0.15, 0.2) is 24.3 Å². The molecule has 6 heteroatoms. The molecule has 25 heavy (non-hydrogen) atoms. The summed E-state index contributed by atoms with van der Waals surface area (Å²) in [5, 5.41) is 10.8. The zero-order chi connectivity index (χ0) is 17.9. The van der Waals surface area contributed by atoms with Gasteiger partial charge in [0.05, 0.1) is 12.1 Å². The Balaban J connectivity index is 1.48. The molecule has 0 radical (unpaired) electrons. The van der Waals surface area contributed by atoms with Gasteiger partial charge in [-0.15, -0.1) is 0 Å². The Kier molecular flexibility index (Phi) is 5.71. The molecule has 0 saturated carbocycles. The molecule has 1 N–H and O–H groups in total. The summed E-state index contributed by atoms with van der Waals surface area (Å²) in [6, 6.07) is 6.58. The summed E-state index contributed by atoms with van der Waals surface area (Å²) in [5.74, 6) is -0.263. The van der Waals surface area contributed by atoms with Crippen LogP contribution in [0.2, 0.25) is 0 Å². The van der Waals surface area contributed by atoms with Gasteiger partial charge in [0.2, 0.25) is 5.91 Å². The summed E-state index contributed by atoms with van der Waals surface area (Å²) in [6.07, 6.45) is 1.30. The summed E-state index contributed by atoms with van der Waals surface area (Å²) in [4.78, 5) is 18.7. The van der Waals surface area contributed by atoms with Crippen LogP contribution in [0.25, 0.3) is 0 Å². The number of hydrogen-bond acceptors (Lipinski definition) is 4. The van der Waals surface area contributed by atoms with E-state index in [2.05, 4.69) is 16.8 Å². The minimum absolute atomic E-state index is 0.00226. The summed E-state index contributed by atoms with van der Waals surface area (Å²) in [6.45, 7) is 5.54. The third kappa shape index (κ3) is 4.77. The van der Waals surface area contributed by atoms with Crippen molar-refractivity contribution in [1.82, 2.24) is 14.7 Å². The second kappa shape index (κ2) is 7.81. The fourth-order valence-corrected chi connectivity index (χ4v) is 3.72. The van der Waals surface area contributed by atoms with Crippen molar-refractivity contribution < 1.29 is 14.3 Å². The molecular formula is C19H28FN3O2. The van der Waals surface area contributed by atoms with E-state index in [9.17, 15) is 14.3 Å². The van der Waals surface area contributed by atoms with Crippen molar-refractivity contribution in [3.8, 4) is 0 Å². The Bertz CT molecular complexity index is 604. The van der Waals surface area contributed by atoms with Crippen LogP contribution in [-0.2, 0) is 11.2 Å². The lowest BCUT2D eigenvalue weighted by molar-refractivity contribution is -0.131. The Hall–Kier alpha value is -1.50. The van der Waals surface area contributed by atoms with Gasteiger partial charge in [-0.05, 0) is 31.5 Å². The van der Waals surface area contributed by atoms with E-state index in [1.165, 1.54) is 6.07 Å². The average Bonchev–Trinajstić information content (AvgIpc) is 2.98. The number of rotatable bonds is 5. The number of hydrogen-bond donors (Lipinski definition) is 1. The first kappa shape index (κ1) is 18.3. The smallest absolute Gasteiger partial charge is 0.223 e. The summed E-state index contributed by atoms with van der Waals surface area (Å²) < 4.78 is 13.7. The Labute approximate surface area is 149 Å². The van der Waals surface area contributed by atoms with Gasteiger partial charge in [0.1, 0.15) is 5.82 Å². The van der Waals surface area contributed by atoms with E-state index in [1.807, 2.05) is 0 Å². The molecule has 0 aliphatic carbocycles. The number of amides is 1. The Morgan fingerprint density at radius 3 is 2.64 bits per heavy atom. The van der Waals surface area contributed by atoms with Crippen LogP contribution in [0.4, 0.5) is 4.39 Å². The van der Waals surface area contributed by atoms with Gasteiger partial charge in [0.25, 0.3) is 0 Å². The van der Waals surface area contributed by atoms with E-state index in [1.54, 1.807) is 23.1 Å². The van der Waals surface area contributed by atoms with Crippen LogP contribution >= 0.6 is 0 Å². The number of aryl methyl sites for hydroxylation is 1. The number of carbonyl (C=O) groups excluding carboxylic acids is 1. The molecule has 2 aliphatic rings. The first-order valence-electron chi connectivity index (χ1n) is 9.10. The monoisotopic (exact) mass is 349 g/mol. The van der Waals surface area contributed by atoms with Crippen molar-refractivity contribution in [2.45, 2.75) is 24.9 Å². The van der Waals surface area contributed by atoms with Crippen molar-refractivity contribution in [2.75, 3.05) is 52.9 Å². The highest BCUT2D eigenvalue weighted by atomic mass is 19.1. The van der Waals surface area contributed by atoms with E-state index >= 15 is 0 Å². The number of halogens is 1. The molecule has 0 spiro atoms. The molecule has 1 atom stereocenters. The third-order valence-electron chi connectivity index (χ3n) is 5.36. The maximum Gasteiger partial charge on any atom is 0.223 e. The molecule has 2 saturated heterocycles. The van der Waals surface area contributed by atoms with Crippen LogP contribution in [0.3, 0.4) is 0 Å². The van der Waals surface area contributed by atoms with E-state index < -0.39 is 5.60 Å². The van der Waals surface area contributed by atoms with Gasteiger partial charge < -0.3 is 14.9 Å².